The van der Waals surface area contributed by atoms with E-state index in [4.69, 9.17) is 4.74 Å². The normalized spacial score (nSPS) is 36.6. The molecule has 1 spiro atoms. The fraction of sp³-hybridized carbons (Fsp3) is 0.933. The molecule has 1 saturated carbocycles. The Morgan fingerprint density at radius 1 is 1.39 bits per heavy atom. The van der Waals surface area contributed by atoms with Crippen LogP contribution in [0.1, 0.15) is 51.9 Å². The maximum atomic E-state index is 11.9. The van der Waals surface area contributed by atoms with Crippen LogP contribution >= 0.6 is 0 Å². The highest BCUT2D eigenvalue weighted by Gasteiger charge is 2.47. The number of methoxy groups -OCH3 is 1. The maximum Gasteiger partial charge on any atom is 0.310 e. The summed E-state index contributed by atoms with van der Waals surface area (Å²) in [6, 6.07) is 0. The predicted octanol–water partition coefficient (Wildman–Crippen LogP) is 2.75. The summed E-state index contributed by atoms with van der Waals surface area (Å²) >= 11 is 0. The molecule has 0 aromatic carbocycles. The van der Waals surface area contributed by atoms with Crippen LogP contribution in [0.15, 0.2) is 0 Å². The van der Waals surface area contributed by atoms with Gasteiger partial charge in [0.15, 0.2) is 0 Å². The first-order valence-electron chi connectivity index (χ1n) is 7.50. The van der Waals surface area contributed by atoms with Crippen LogP contribution in [0.2, 0.25) is 0 Å². The summed E-state index contributed by atoms with van der Waals surface area (Å²) in [6.07, 6.45) is 8.96. The minimum Gasteiger partial charge on any atom is -0.469 e. The van der Waals surface area contributed by atoms with Crippen molar-refractivity contribution in [3.63, 3.8) is 0 Å². The van der Waals surface area contributed by atoms with Gasteiger partial charge in [0.2, 0.25) is 0 Å². The molecule has 3 nitrogen and oxygen atoms in total. The van der Waals surface area contributed by atoms with Crippen molar-refractivity contribution in [2.75, 3.05) is 20.2 Å². The molecule has 2 fully saturated rings. The Morgan fingerprint density at radius 2 is 2.22 bits per heavy atom. The van der Waals surface area contributed by atoms with E-state index in [2.05, 4.69) is 12.2 Å². The Bertz CT molecular complexity index is 292. The van der Waals surface area contributed by atoms with Crippen molar-refractivity contribution in [1.82, 2.24) is 5.32 Å². The van der Waals surface area contributed by atoms with Crippen LogP contribution in [-0.4, -0.2) is 26.2 Å². The summed E-state index contributed by atoms with van der Waals surface area (Å²) in [4.78, 5) is 11.9. The van der Waals surface area contributed by atoms with Crippen molar-refractivity contribution in [3.8, 4) is 0 Å². The van der Waals surface area contributed by atoms with E-state index in [1.165, 1.54) is 52.1 Å². The zero-order valence-corrected chi connectivity index (χ0v) is 11.8. The highest BCUT2D eigenvalue weighted by molar-refractivity contribution is 5.74. The summed E-state index contributed by atoms with van der Waals surface area (Å²) < 4.78 is 5.00. The number of hydrogen-bond acceptors (Lipinski definition) is 3. The second-order valence-corrected chi connectivity index (χ2v) is 6.15. The number of rotatable bonds is 3. The van der Waals surface area contributed by atoms with Crippen molar-refractivity contribution in [2.24, 2.45) is 17.3 Å². The van der Waals surface area contributed by atoms with Crippen molar-refractivity contribution in [2.45, 2.75) is 51.9 Å². The smallest absolute Gasteiger partial charge is 0.310 e. The highest BCUT2D eigenvalue weighted by atomic mass is 16.5. The molecular formula is C15H27NO2. The van der Waals surface area contributed by atoms with Gasteiger partial charge in [0.1, 0.15) is 0 Å². The van der Waals surface area contributed by atoms with E-state index in [0.717, 1.165) is 19.0 Å². The molecule has 1 saturated heterocycles. The number of carbonyl (C=O) groups excluding carboxylic acids is 1. The standard InChI is InChI=1S/C15H27NO2/c1-3-5-12-6-4-8-15(9-7-12)11-16-10-13(15)14(17)18-2/h12-13,16H,3-11H2,1-2H3. The fourth-order valence-corrected chi connectivity index (χ4v) is 4.01. The van der Waals surface area contributed by atoms with Crippen LogP contribution in [0.5, 0.6) is 0 Å². The quantitative estimate of drug-likeness (QED) is 0.786. The molecule has 18 heavy (non-hydrogen) atoms. The average Bonchev–Trinajstić information content (AvgIpc) is 2.68. The van der Waals surface area contributed by atoms with Gasteiger partial charge in [0, 0.05) is 13.1 Å². The molecule has 0 radical (unpaired) electrons. The van der Waals surface area contributed by atoms with Gasteiger partial charge >= 0.3 is 5.97 Å². The summed E-state index contributed by atoms with van der Waals surface area (Å²) in [7, 11) is 1.52. The number of hydrogen-bond donors (Lipinski definition) is 1. The minimum absolute atomic E-state index is 0.00561. The van der Waals surface area contributed by atoms with Crippen molar-refractivity contribution >= 4 is 5.97 Å². The van der Waals surface area contributed by atoms with Crippen LogP contribution in [0.3, 0.4) is 0 Å². The molecule has 3 heteroatoms. The molecule has 1 aliphatic heterocycles. The van der Waals surface area contributed by atoms with E-state index in [9.17, 15) is 4.79 Å². The first kappa shape index (κ1) is 13.9. The van der Waals surface area contributed by atoms with Crippen LogP contribution < -0.4 is 5.32 Å². The van der Waals surface area contributed by atoms with Gasteiger partial charge < -0.3 is 10.1 Å². The summed E-state index contributed by atoms with van der Waals surface area (Å²) in [6.45, 7) is 4.09. The second kappa shape index (κ2) is 6.05. The van der Waals surface area contributed by atoms with E-state index in [1.807, 2.05) is 0 Å². The first-order valence-corrected chi connectivity index (χ1v) is 7.50. The number of ether oxygens (including phenoxy) is 1. The van der Waals surface area contributed by atoms with Crippen LogP contribution in [0.4, 0.5) is 0 Å². The molecule has 1 aliphatic carbocycles. The molecule has 0 aromatic rings. The predicted molar refractivity (Wildman–Crippen MR) is 72.3 cm³/mol. The van der Waals surface area contributed by atoms with Crippen LogP contribution in [-0.2, 0) is 9.53 Å². The van der Waals surface area contributed by atoms with Gasteiger partial charge in [-0.25, -0.2) is 0 Å². The number of carbonyl (C=O) groups is 1. The maximum absolute atomic E-state index is 11.9. The monoisotopic (exact) mass is 253 g/mol. The van der Waals surface area contributed by atoms with E-state index < -0.39 is 0 Å². The Kier molecular flexibility index (Phi) is 4.66. The Balaban J connectivity index is 2.04. The van der Waals surface area contributed by atoms with Crippen molar-refractivity contribution in [3.05, 3.63) is 0 Å². The van der Waals surface area contributed by atoms with Gasteiger partial charge in [-0.05, 0) is 30.6 Å². The van der Waals surface area contributed by atoms with Gasteiger partial charge in [0.25, 0.3) is 0 Å². The largest absolute Gasteiger partial charge is 0.469 e. The Hall–Kier alpha value is -0.570. The van der Waals surface area contributed by atoms with Gasteiger partial charge in [-0.2, -0.15) is 0 Å². The molecule has 104 valence electrons. The first-order chi connectivity index (χ1) is 8.72. The van der Waals surface area contributed by atoms with E-state index in [0.29, 0.717) is 0 Å². The third kappa shape index (κ3) is 2.71. The average molecular weight is 253 g/mol. The van der Waals surface area contributed by atoms with Gasteiger partial charge in [0.05, 0.1) is 13.0 Å². The molecule has 0 bridgehead atoms. The van der Waals surface area contributed by atoms with Gasteiger partial charge in [-0.15, -0.1) is 0 Å². The molecule has 1 heterocycles. The number of esters is 1. The lowest BCUT2D eigenvalue weighted by Crippen LogP contribution is -2.35. The molecule has 0 aromatic heterocycles. The Labute approximate surface area is 111 Å². The van der Waals surface area contributed by atoms with Gasteiger partial charge in [-0.3, -0.25) is 4.79 Å². The molecule has 0 amide bonds. The molecule has 3 atom stereocenters. The summed E-state index contributed by atoms with van der Waals surface area (Å²) in [5, 5.41) is 3.42. The summed E-state index contributed by atoms with van der Waals surface area (Å²) in [5.41, 5.74) is 0.190. The highest BCUT2D eigenvalue weighted by Crippen LogP contribution is 2.46. The number of nitrogens with one attached hydrogen (secondary N) is 1. The second-order valence-electron chi connectivity index (χ2n) is 6.15. The molecular weight excluding hydrogens is 226 g/mol. The SMILES string of the molecule is CCCC1CCCC2(CC1)CNCC2C(=O)OC. The van der Waals surface area contributed by atoms with E-state index in [1.54, 1.807) is 0 Å². The van der Waals surface area contributed by atoms with Gasteiger partial charge in [-0.1, -0.05) is 32.6 Å². The minimum atomic E-state index is -0.00561. The lowest BCUT2D eigenvalue weighted by atomic mass is 9.72. The van der Waals surface area contributed by atoms with Crippen LogP contribution in [0, 0.1) is 17.3 Å². The van der Waals surface area contributed by atoms with E-state index >= 15 is 0 Å². The lowest BCUT2D eigenvalue weighted by Gasteiger charge is -2.32. The summed E-state index contributed by atoms with van der Waals surface area (Å²) in [5.74, 6) is 0.963. The Morgan fingerprint density at radius 3 is 2.94 bits per heavy atom. The van der Waals surface area contributed by atoms with Crippen molar-refractivity contribution in [1.29, 1.82) is 0 Å². The molecule has 2 rings (SSSR count). The third-order valence-electron chi connectivity index (χ3n) is 5.08. The molecule has 3 unspecified atom stereocenters. The third-order valence-corrected chi connectivity index (χ3v) is 5.08. The molecule has 1 N–H and O–H groups in total. The van der Waals surface area contributed by atoms with Crippen molar-refractivity contribution < 1.29 is 9.53 Å². The zero-order chi connectivity index (χ0) is 13.0. The lowest BCUT2D eigenvalue weighted by molar-refractivity contribution is -0.148. The topological polar surface area (TPSA) is 38.3 Å². The molecule has 2 aliphatic rings. The fourth-order valence-electron chi connectivity index (χ4n) is 4.01. The van der Waals surface area contributed by atoms with E-state index in [-0.39, 0.29) is 17.3 Å². The van der Waals surface area contributed by atoms with Crippen LogP contribution in [0.25, 0.3) is 0 Å². The zero-order valence-electron chi connectivity index (χ0n) is 11.8.